The van der Waals surface area contributed by atoms with E-state index in [4.69, 9.17) is 16.3 Å². The molecule has 0 radical (unpaired) electrons. The minimum absolute atomic E-state index is 0.0637. The highest BCUT2D eigenvalue weighted by atomic mass is 35.5. The van der Waals surface area contributed by atoms with Crippen LogP contribution in [0.4, 0.5) is 0 Å². The Morgan fingerprint density at radius 1 is 1.23 bits per heavy atom. The van der Waals surface area contributed by atoms with E-state index < -0.39 is 11.9 Å². The molecular weight excluding hydrogens is 424 g/mol. The van der Waals surface area contributed by atoms with E-state index in [2.05, 4.69) is 6.07 Å². The summed E-state index contributed by atoms with van der Waals surface area (Å²) in [6, 6.07) is 9.06. The predicted molar refractivity (Wildman–Crippen MR) is 113 cm³/mol. The van der Waals surface area contributed by atoms with Gasteiger partial charge in [-0.15, -0.1) is 11.8 Å². The number of nitriles is 1. The first-order valence-corrected chi connectivity index (χ1v) is 11.6. The molecule has 0 spiro atoms. The highest BCUT2D eigenvalue weighted by molar-refractivity contribution is 8.00. The fourth-order valence-corrected chi connectivity index (χ4v) is 6.43. The Kier molecular flexibility index (Phi) is 5.20. The molecule has 1 amide bonds. The van der Waals surface area contributed by atoms with Gasteiger partial charge < -0.3 is 19.6 Å². The third-order valence-corrected chi connectivity index (χ3v) is 7.89. The van der Waals surface area contributed by atoms with E-state index in [9.17, 15) is 15.2 Å². The lowest BCUT2D eigenvalue weighted by molar-refractivity contribution is -0.234. The first-order valence-electron chi connectivity index (χ1n) is 10.2. The summed E-state index contributed by atoms with van der Waals surface area (Å²) in [5.41, 5.74) is 2.32. The maximum atomic E-state index is 13.1. The molecular formula is C21H23ClN4O3S. The van der Waals surface area contributed by atoms with Crippen molar-refractivity contribution in [1.29, 1.82) is 5.26 Å². The second-order valence-corrected chi connectivity index (χ2v) is 9.44. The molecule has 3 unspecified atom stereocenters. The highest BCUT2D eigenvalue weighted by Crippen LogP contribution is 2.51. The zero-order valence-corrected chi connectivity index (χ0v) is 18.0. The Morgan fingerprint density at radius 3 is 2.67 bits per heavy atom. The van der Waals surface area contributed by atoms with Gasteiger partial charge in [-0.3, -0.25) is 9.69 Å². The first kappa shape index (κ1) is 20.2. The Balaban J connectivity index is 1.61. The van der Waals surface area contributed by atoms with Crippen molar-refractivity contribution in [2.45, 2.75) is 30.1 Å². The van der Waals surface area contributed by atoms with Gasteiger partial charge in [-0.05, 0) is 30.5 Å². The summed E-state index contributed by atoms with van der Waals surface area (Å²) in [7, 11) is 0. The maximum absolute atomic E-state index is 13.1. The van der Waals surface area contributed by atoms with E-state index in [0.29, 0.717) is 49.2 Å². The van der Waals surface area contributed by atoms with E-state index in [0.717, 1.165) is 24.1 Å². The number of nitrogens with zero attached hydrogens (tertiary/aromatic N) is 4. The minimum atomic E-state index is -1.44. The van der Waals surface area contributed by atoms with Crippen molar-refractivity contribution in [1.82, 2.24) is 14.7 Å². The lowest BCUT2D eigenvalue weighted by Gasteiger charge is -2.50. The summed E-state index contributed by atoms with van der Waals surface area (Å²) in [5, 5.41) is 22.7. The molecule has 5 rings (SSSR count). The number of amides is 1. The Morgan fingerprint density at radius 2 is 1.97 bits per heavy atom. The third-order valence-electron chi connectivity index (χ3n) is 6.41. The van der Waals surface area contributed by atoms with Crippen LogP contribution >= 0.6 is 23.4 Å². The Labute approximate surface area is 184 Å². The van der Waals surface area contributed by atoms with Crippen molar-refractivity contribution < 1.29 is 14.6 Å². The summed E-state index contributed by atoms with van der Waals surface area (Å²) in [6.07, 6.45) is 1.63. The fraction of sp³-hybridized carbons (Fsp3) is 0.524. The SMILES string of the molecule is N#CC1=C2CCCN2C(O)(N2CCOCC2)C1N1C(=O)CSC1c1ccc(Cl)cc1. The number of allylic oxidation sites excluding steroid dienone is 1. The zero-order valence-electron chi connectivity index (χ0n) is 16.5. The van der Waals surface area contributed by atoms with Gasteiger partial charge in [0.25, 0.3) is 0 Å². The fourth-order valence-electron chi connectivity index (χ4n) is 5.10. The van der Waals surface area contributed by atoms with Crippen molar-refractivity contribution in [3.63, 3.8) is 0 Å². The lowest BCUT2D eigenvalue weighted by Crippen LogP contribution is -2.69. The molecule has 1 aromatic rings. The van der Waals surface area contributed by atoms with Gasteiger partial charge in [0.15, 0.2) is 0 Å². The number of hydrogen-bond acceptors (Lipinski definition) is 7. The van der Waals surface area contributed by atoms with Crippen LogP contribution in [0.1, 0.15) is 23.8 Å². The average Bonchev–Trinajstić information content (AvgIpc) is 3.45. The van der Waals surface area contributed by atoms with Gasteiger partial charge in [-0.2, -0.15) is 5.26 Å². The van der Waals surface area contributed by atoms with E-state index in [-0.39, 0.29) is 11.3 Å². The lowest BCUT2D eigenvalue weighted by atomic mass is 9.99. The Hall–Kier alpha value is -1.76. The van der Waals surface area contributed by atoms with Crippen LogP contribution in [0.3, 0.4) is 0 Å². The van der Waals surface area contributed by atoms with E-state index in [1.807, 2.05) is 34.1 Å². The van der Waals surface area contributed by atoms with Crippen LogP contribution in [0, 0.1) is 11.3 Å². The predicted octanol–water partition coefficient (Wildman–Crippen LogP) is 2.15. The quantitative estimate of drug-likeness (QED) is 0.761. The molecule has 4 heterocycles. The molecule has 3 atom stereocenters. The summed E-state index contributed by atoms with van der Waals surface area (Å²) < 4.78 is 5.51. The molecule has 0 saturated carbocycles. The Bertz CT molecular complexity index is 927. The average molecular weight is 447 g/mol. The van der Waals surface area contributed by atoms with Crippen LogP contribution < -0.4 is 0 Å². The van der Waals surface area contributed by atoms with Crippen molar-refractivity contribution in [2.24, 2.45) is 0 Å². The number of ether oxygens (including phenoxy) is 1. The summed E-state index contributed by atoms with van der Waals surface area (Å²) in [5.74, 6) is -1.19. The second-order valence-electron chi connectivity index (χ2n) is 7.93. The highest BCUT2D eigenvalue weighted by Gasteiger charge is 2.62. The smallest absolute Gasteiger partial charge is 0.234 e. The van der Waals surface area contributed by atoms with Crippen LogP contribution in [0.25, 0.3) is 0 Å². The van der Waals surface area contributed by atoms with Gasteiger partial charge in [0.2, 0.25) is 11.8 Å². The van der Waals surface area contributed by atoms with Crippen LogP contribution in [-0.4, -0.2) is 76.2 Å². The zero-order chi connectivity index (χ0) is 20.9. The number of halogens is 1. The van der Waals surface area contributed by atoms with E-state index >= 15 is 0 Å². The summed E-state index contributed by atoms with van der Waals surface area (Å²) in [6.45, 7) is 2.81. The molecule has 30 heavy (non-hydrogen) atoms. The number of benzene rings is 1. The number of rotatable bonds is 3. The molecule has 4 aliphatic heterocycles. The van der Waals surface area contributed by atoms with E-state index in [1.54, 1.807) is 4.90 Å². The van der Waals surface area contributed by atoms with Crippen molar-refractivity contribution >= 4 is 29.3 Å². The minimum Gasteiger partial charge on any atom is -0.379 e. The van der Waals surface area contributed by atoms with Crippen LogP contribution in [0.15, 0.2) is 35.5 Å². The molecule has 3 fully saturated rings. The number of morpholine rings is 1. The first-order chi connectivity index (χ1) is 14.6. The van der Waals surface area contributed by atoms with Crippen molar-refractivity contribution in [3.05, 3.63) is 46.1 Å². The normalized spacial score (nSPS) is 32.1. The van der Waals surface area contributed by atoms with E-state index in [1.165, 1.54) is 11.8 Å². The monoisotopic (exact) mass is 446 g/mol. The number of carbonyl (C=O) groups excluding carboxylic acids is 1. The molecule has 7 nitrogen and oxygen atoms in total. The van der Waals surface area contributed by atoms with Gasteiger partial charge in [-0.25, -0.2) is 0 Å². The largest absolute Gasteiger partial charge is 0.379 e. The summed E-state index contributed by atoms with van der Waals surface area (Å²) >= 11 is 7.59. The number of aliphatic hydroxyl groups is 1. The second kappa shape index (κ2) is 7.74. The standard InChI is InChI=1S/C21H23ClN4O3S/c22-15-5-3-14(4-6-15)20-26(18(27)13-30-20)19-16(12-23)17-2-1-7-25(17)21(19,28)24-8-10-29-11-9-24/h3-6,19-20,28H,1-2,7-11,13H2. The van der Waals surface area contributed by atoms with Crippen molar-refractivity contribution in [2.75, 3.05) is 38.6 Å². The van der Waals surface area contributed by atoms with Crippen LogP contribution in [0.5, 0.6) is 0 Å². The molecule has 158 valence electrons. The topological polar surface area (TPSA) is 80.0 Å². The number of hydrogen-bond donors (Lipinski definition) is 1. The maximum Gasteiger partial charge on any atom is 0.234 e. The molecule has 0 aromatic heterocycles. The van der Waals surface area contributed by atoms with Crippen molar-refractivity contribution in [3.8, 4) is 6.07 Å². The van der Waals surface area contributed by atoms with Crippen LogP contribution in [0.2, 0.25) is 5.02 Å². The number of thioether (sulfide) groups is 1. The molecule has 0 aliphatic carbocycles. The van der Waals surface area contributed by atoms with Gasteiger partial charge in [0.1, 0.15) is 11.4 Å². The van der Waals surface area contributed by atoms with Gasteiger partial charge in [-0.1, -0.05) is 23.7 Å². The molecule has 3 saturated heterocycles. The van der Waals surface area contributed by atoms with Gasteiger partial charge in [0, 0.05) is 30.4 Å². The number of carbonyl (C=O) groups is 1. The van der Waals surface area contributed by atoms with Gasteiger partial charge in [0.05, 0.1) is 30.6 Å². The molecule has 0 bridgehead atoms. The molecule has 1 N–H and O–H groups in total. The molecule has 9 heteroatoms. The number of fused-ring (bicyclic) bond motifs is 1. The van der Waals surface area contributed by atoms with Crippen LogP contribution in [-0.2, 0) is 9.53 Å². The summed E-state index contributed by atoms with van der Waals surface area (Å²) in [4.78, 5) is 18.8. The third kappa shape index (κ3) is 2.95. The van der Waals surface area contributed by atoms with Gasteiger partial charge >= 0.3 is 0 Å². The molecule has 1 aromatic carbocycles. The molecule has 4 aliphatic rings.